The maximum atomic E-state index is 5.91. The Balaban J connectivity index is 2.66. The van der Waals surface area contributed by atoms with Gasteiger partial charge < -0.3 is 9.32 Å². The van der Waals surface area contributed by atoms with E-state index < -0.39 is 0 Å². The minimum absolute atomic E-state index is 0.847. The van der Waals surface area contributed by atoms with E-state index in [1.165, 1.54) is 0 Å². The highest BCUT2D eigenvalue weighted by Gasteiger charge is 2.07. The molecule has 0 atom stereocenters. The lowest BCUT2D eigenvalue weighted by Gasteiger charge is -2.12. The Hall–Kier alpha value is -2.03. The van der Waals surface area contributed by atoms with Crippen LogP contribution in [-0.2, 0) is 0 Å². The molecule has 1 aromatic carbocycles. The summed E-state index contributed by atoms with van der Waals surface area (Å²) in [5, 5.41) is 0. The van der Waals surface area contributed by atoms with Crippen LogP contribution in [0.3, 0.4) is 0 Å². The van der Waals surface area contributed by atoms with Crippen LogP contribution in [0.25, 0.3) is 11.3 Å². The molecule has 2 rings (SSSR count). The Labute approximate surface area is 108 Å². The van der Waals surface area contributed by atoms with Crippen molar-refractivity contribution in [3.8, 4) is 11.3 Å². The molecule has 94 valence electrons. The van der Waals surface area contributed by atoms with Gasteiger partial charge in [-0.1, -0.05) is 30.3 Å². The van der Waals surface area contributed by atoms with Crippen molar-refractivity contribution in [1.29, 1.82) is 0 Å². The fraction of sp³-hybridized carbons (Fsp3) is 0.267. The van der Waals surface area contributed by atoms with E-state index in [1.807, 2.05) is 57.0 Å². The lowest BCUT2D eigenvalue weighted by molar-refractivity contribution is 0.467. The zero-order valence-electron chi connectivity index (χ0n) is 11.3. The van der Waals surface area contributed by atoms with Gasteiger partial charge in [0, 0.05) is 25.7 Å². The maximum absolute atomic E-state index is 5.91. The summed E-state index contributed by atoms with van der Waals surface area (Å²) in [5.41, 5.74) is 3.06. The molecule has 18 heavy (non-hydrogen) atoms. The number of hydrogen-bond acceptors (Lipinski definition) is 2. The highest BCUT2D eigenvalue weighted by molar-refractivity contribution is 5.62. The van der Waals surface area contributed by atoms with Gasteiger partial charge >= 0.3 is 5.55 Å². The van der Waals surface area contributed by atoms with Crippen molar-refractivity contribution in [1.82, 2.24) is 4.58 Å². The average Bonchev–Trinajstić information content (AvgIpc) is 2.39. The predicted molar refractivity (Wildman–Crippen MR) is 75.6 cm³/mol. The van der Waals surface area contributed by atoms with Gasteiger partial charge in [0.05, 0.1) is 11.8 Å². The maximum Gasteiger partial charge on any atom is 0.369 e. The Morgan fingerprint density at radius 1 is 1.00 bits per heavy atom. The predicted octanol–water partition coefficient (Wildman–Crippen LogP) is 2.04. The first-order chi connectivity index (χ1) is 8.58. The fourth-order valence-corrected chi connectivity index (χ4v) is 1.70. The minimum atomic E-state index is 0.847. The fourth-order valence-electron chi connectivity index (χ4n) is 1.70. The quantitative estimate of drug-likeness (QED) is 0.752. The molecule has 3 heteroatoms. The van der Waals surface area contributed by atoms with E-state index in [-0.39, 0.29) is 0 Å². The summed E-state index contributed by atoms with van der Waals surface area (Å²) in [6.45, 7) is 0. The summed E-state index contributed by atoms with van der Waals surface area (Å²) in [6.07, 6.45) is 0. The van der Waals surface area contributed by atoms with E-state index in [4.69, 9.17) is 4.42 Å². The van der Waals surface area contributed by atoms with Crippen molar-refractivity contribution < 1.29 is 4.42 Å². The Kier molecular flexibility index (Phi) is 3.51. The van der Waals surface area contributed by atoms with Crippen LogP contribution >= 0.6 is 0 Å². The van der Waals surface area contributed by atoms with Gasteiger partial charge in [0.25, 0.3) is 0 Å². The van der Waals surface area contributed by atoms with Crippen LogP contribution in [-0.4, -0.2) is 28.2 Å². The molecule has 0 saturated heterocycles. The molecule has 0 N–H and O–H groups in total. The second-order valence-electron chi connectivity index (χ2n) is 4.67. The summed E-state index contributed by atoms with van der Waals surface area (Å²) in [7, 11) is 8.02. The van der Waals surface area contributed by atoms with E-state index in [9.17, 15) is 0 Å². The number of anilines is 1. The average molecular weight is 243 g/mol. The van der Waals surface area contributed by atoms with Crippen molar-refractivity contribution >= 4 is 5.69 Å². The van der Waals surface area contributed by atoms with Crippen LogP contribution in [0.2, 0.25) is 0 Å². The van der Waals surface area contributed by atoms with Gasteiger partial charge in [-0.25, -0.2) is 4.58 Å². The molecular formula is C15H19N2O+. The van der Waals surface area contributed by atoms with E-state index in [1.54, 1.807) is 0 Å². The van der Waals surface area contributed by atoms with Gasteiger partial charge in [-0.05, 0) is 0 Å². The Bertz CT molecular complexity index is 593. The molecule has 0 unspecified atom stereocenters. The summed E-state index contributed by atoms with van der Waals surface area (Å²) >= 11 is 0. The molecule has 0 aliphatic carbocycles. The molecule has 0 amide bonds. The molecule has 1 heterocycles. The molecule has 0 aliphatic rings. The molecule has 3 nitrogen and oxygen atoms in total. The second-order valence-corrected chi connectivity index (χ2v) is 4.67. The van der Waals surface area contributed by atoms with Crippen molar-refractivity contribution in [3.05, 3.63) is 48.0 Å². The van der Waals surface area contributed by atoms with Gasteiger partial charge in [0.1, 0.15) is 19.9 Å². The third-order valence-electron chi connectivity index (χ3n) is 2.78. The molecule has 0 saturated carbocycles. The molecule has 0 spiro atoms. The number of nitrogens with zero attached hydrogens (tertiary/aromatic N) is 2. The van der Waals surface area contributed by atoms with Crippen LogP contribution in [0.5, 0.6) is 0 Å². The normalized spacial score (nSPS) is 10.2. The molecule has 0 radical (unpaired) electrons. The largest absolute Gasteiger partial charge is 0.405 e. The van der Waals surface area contributed by atoms with E-state index in [0.29, 0.717) is 0 Å². The zero-order valence-corrected chi connectivity index (χ0v) is 11.3. The first-order valence-electron chi connectivity index (χ1n) is 5.96. The van der Waals surface area contributed by atoms with Crippen molar-refractivity contribution in [2.45, 2.75) is 0 Å². The second kappa shape index (κ2) is 5.08. The SMILES string of the molecule is CN(C)c1cc(-c2ccccc2)oc(=[N+](C)C)c1. The summed E-state index contributed by atoms with van der Waals surface area (Å²) in [5.74, 6) is 0.880. The highest BCUT2D eigenvalue weighted by Crippen LogP contribution is 2.21. The lowest BCUT2D eigenvalue weighted by atomic mass is 10.1. The van der Waals surface area contributed by atoms with Gasteiger partial charge in [-0.15, -0.1) is 0 Å². The smallest absolute Gasteiger partial charge is 0.369 e. The van der Waals surface area contributed by atoms with Gasteiger partial charge in [0.2, 0.25) is 0 Å². The van der Waals surface area contributed by atoms with Crippen molar-refractivity contribution in [3.63, 3.8) is 0 Å². The standard InChI is InChI=1S/C15H19N2O/c1-16(2)13-10-14(12-8-6-5-7-9-12)18-15(11-13)17(3)4/h5-11H,1-4H3/q+1. The van der Waals surface area contributed by atoms with Crippen LogP contribution < -0.4 is 15.0 Å². The van der Waals surface area contributed by atoms with Crippen LogP contribution in [0.4, 0.5) is 5.69 Å². The van der Waals surface area contributed by atoms with Gasteiger partial charge in [-0.2, -0.15) is 0 Å². The monoisotopic (exact) mass is 243 g/mol. The van der Waals surface area contributed by atoms with Crippen molar-refractivity contribution in [2.24, 2.45) is 0 Å². The number of rotatable bonds is 2. The zero-order chi connectivity index (χ0) is 13.1. The van der Waals surface area contributed by atoms with E-state index in [2.05, 4.69) is 23.1 Å². The highest BCUT2D eigenvalue weighted by atomic mass is 16.3. The summed E-state index contributed by atoms with van der Waals surface area (Å²) in [4.78, 5) is 2.08. The third kappa shape index (κ3) is 2.62. The third-order valence-corrected chi connectivity index (χ3v) is 2.78. The topological polar surface area (TPSA) is 19.4 Å². The van der Waals surface area contributed by atoms with E-state index >= 15 is 0 Å². The molecule has 2 aromatic rings. The minimum Gasteiger partial charge on any atom is -0.405 e. The van der Waals surface area contributed by atoms with E-state index in [0.717, 1.165) is 22.6 Å². The Morgan fingerprint density at radius 3 is 2.22 bits per heavy atom. The molecule has 0 bridgehead atoms. The first-order valence-corrected chi connectivity index (χ1v) is 5.96. The molecule has 0 fully saturated rings. The summed E-state index contributed by atoms with van der Waals surface area (Å²) < 4.78 is 7.89. The molecular weight excluding hydrogens is 224 g/mol. The molecule has 0 aliphatic heterocycles. The Morgan fingerprint density at radius 2 is 1.67 bits per heavy atom. The first kappa shape index (κ1) is 12.4. The number of benzene rings is 1. The van der Waals surface area contributed by atoms with Gasteiger partial charge in [-0.3, -0.25) is 0 Å². The molecule has 1 aromatic heterocycles. The van der Waals surface area contributed by atoms with Crippen molar-refractivity contribution in [2.75, 3.05) is 33.1 Å². The van der Waals surface area contributed by atoms with Crippen LogP contribution in [0.15, 0.2) is 46.9 Å². The van der Waals surface area contributed by atoms with Gasteiger partial charge in [0.15, 0.2) is 0 Å². The van der Waals surface area contributed by atoms with Crippen LogP contribution in [0, 0.1) is 0 Å². The van der Waals surface area contributed by atoms with Crippen LogP contribution in [0.1, 0.15) is 0 Å². The lowest BCUT2D eigenvalue weighted by Crippen LogP contribution is -2.23. The number of hydrogen-bond donors (Lipinski definition) is 0. The summed E-state index contributed by atoms with van der Waals surface area (Å²) in [6, 6.07) is 14.2.